The number of thioether (sulfide) groups is 1. The van der Waals surface area contributed by atoms with Crippen molar-refractivity contribution in [2.75, 3.05) is 32.4 Å². The van der Waals surface area contributed by atoms with Crippen molar-refractivity contribution in [3.63, 3.8) is 0 Å². The molecule has 1 amide bonds. The molecule has 0 unspecified atom stereocenters. The maximum absolute atomic E-state index is 12.5. The van der Waals surface area contributed by atoms with E-state index in [9.17, 15) is 4.79 Å². The maximum Gasteiger partial charge on any atom is 0.235 e. The molecule has 156 valence electrons. The minimum Gasteiger partial charge on any atom is -0.497 e. The summed E-state index contributed by atoms with van der Waals surface area (Å²) in [6.45, 7) is 1.96. The van der Waals surface area contributed by atoms with Crippen molar-refractivity contribution in [2.45, 2.75) is 12.2 Å². The summed E-state index contributed by atoms with van der Waals surface area (Å²) in [5, 5.41) is 7.70. The van der Waals surface area contributed by atoms with Crippen LogP contribution in [-0.4, -0.2) is 42.8 Å². The van der Waals surface area contributed by atoms with Crippen LogP contribution in [0.5, 0.6) is 17.2 Å². The summed E-state index contributed by atoms with van der Waals surface area (Å²) in [5.74, 6) is 3.05. The molecule has 0 saturated carbocycles. The highest BCUT2D eigenvalue weighted by molar-refractivity contribution is 8.00. The Morgan fingerprint density at radius 1 is 1.03 bits per heavy atom. The standard InChI is InChI=1S/C22H23N3O4S/c1-13-20-21(14-5-10-17(28-3)18(11-14)29-4)30-12-19(26)23-22(20)25(24-13)15-6-8-16(27-2)9-7-15/h5-11,21H,12H2,1-4H3,(H,23,26)/t21-/m0/s1. The summed E-state index contributed by atoms with van der Waals surface area (Å²) >= 11 is 1.57. The van der Waals surface area contributed by atoms with Gasteiger partial charge >= 0.3 is 0 Å². The van der Waals surface area contributed by atoms with Crippen LogP contribution in [0.25, 0.3) is 5.69 Å². The molecular weight excluding hydrogens is 402 g/mol. The molecule has 0 aliphatic carbocycles. The smallest absolute Gasteiger partial charge is 0.235 e. The van der Waals surface area contributed by atoms with Gasteiger partial charge in [-0.25, -0.2) is 4.68 Å². The number of hydrogen-bond donors (Lipinski definition) is 1. The molecule has 0 bridgehead atoms. The van der Waals surface area contributed by atoms with Crippen LogP contribution in [0.4, 0.5) is 5.82 Å². The first-order valence-corrected chi connectivity index (χ1v) is 10.5. The Balaban J connectivity index is 1.84. The van der Waals surface area contributed by atoms with Crippen LogP contribution in [0.15, 0.2) is 42.5 Å². The largest absolute Gasteiger partial charge is 0.497 e. The number of carbonyl (C=O) groups is 1. The fourth-order valence-electron chi connectivity index (χ4n) is 3.57. The average Bonchev–Trinajstić information content (AvgIpc) is 2.98. The first-order valence-electron chi connectivity index (χ1n) is 9.43. The van der Waals surface area contributed by atoms with Crippen LogP contribution >= 0.6 is 11.8 Å². The van der Waals surface area contributed by atoms with Crippen LogP contribution in [0.3, 0.4) is 0 Å². The zero-order valence-electron chi connectivity index (χ0n) is 17.3. The van der Waals surface area contributed by atoms with E-state index in [0.717, 1.165) is 28.3 Å². The molecule has 2 aromatic carbocycles. The minimum absolute atomic E-state index is 0.0566. The van der Waals surface area contributed by atoms with Gasteiger partial charge in [0.1, 0.15) is 11.6 Å². The summed E-state index contributed by atoms with van der Waals surface area (Å²) in [4.78, 5) is 12.5. The van der Waals surface area contributed by atoms with Gasteiger partial charge in [0.15, 0.2) is 11.5 Å². The summed E-state index contributed by atoms with van der Waals surface area (Å²) in [7, 11) is 4.86. The molecule has 0 fully saturated rings. The van der Waals surface area contributed by atoms with E-state index in [1.165, 1.54) is 0 Å². The van der Waals surface area contributed by atoms with Gasteiger partial charge in [-0.3, -0.25) is 4.79 Å². The molecule has 3 aromatic rings. The van der Waals surface area contributed by atoms with Gasteiger partial charge in [0.05, 0.1) is 43.7 Å². The van der Waals surface area contributed by atoms with Crippen molar-refractivity contribution in [1.82, 2.24) is 9.78 Å². The molecule has 0 saturated heterocycles. The lowest BCUT2D eigenvalue weighted by Crippen LogP contribution is -2.15. The first-order chi connectivity index (χ1) is 14.5. The van der Waals surface area contributed by atoms with Gasteiger partial charge in [0.2, 0.25) is 5.91 Å². The Labute approximate surface area is 179 Å². The van der Waals surface area contributed by atoms with Crippen molar-refractivity contribution in [2.24, 2.45) is 0 Å². The fraction of sp³-hybridized carbons (Fsp3) is 0.273. The van der Waals surface area contributed by atoms with Crippen molar-refractivity contribution < 1.29 is 19.0 Å². The third-order valence-corrected chi connectivity index (χ3v) is 6.31. The van der Waals surface area contributed by atoms with E-state index in [2.05, 4.69) is 5.32 Å². The van der Waals surface area contributed by atoms with Gasteiger partial charge in [-0.2, -0.15) is 5.10 Å². The van der Waals surface area contributed by atoms with Crippen LogP contribution in [-0.2, 0) is 4.79 Å². The molecule has 0 spiro atoms. The third kappa shape index (κ3) is 3.59. The van der Waals surface area contributed by atoms with E-state index in [-0.39, 0.29) is 11.2 Å². The second-order valence-corrected chi connectivity index (χ2v) is 7.90. The number of carbonyl (C=O) groups excluding carboxylic acids is 1. The van der Waals surface area contributed by atoms with Gasteiger partial charge in [-0.05, 0) is 48.9 Å². The summed E-state index contributed by atoms with van der Waals surface area (Å²) in [5.41, 5.74) is 3.70. The molecule has 4 rings (SSSR count). The van der Waals surface area contributed by atoms with Gasteiger partial charge in [-0.1, -0.05) is 6.07 Å². The number of rotatable bonds is 5. The van der Waals surface area contributed by atoms with Gasteiger partial charge in [0, 0.05) is 5.56 Å². The van der Waals surface area contributed by atoms with Crippen molar-refractivity contribution in [1.29, 1.82) is 0 Å². The number of ether oxygens (including phenoxy) is 3. The van der Waals surface area contributed by atoms with Crippen molar-refractivity contribution >= 4 is 23.5 Å². The highest BCUT2D eigenvalue weighted by Gasteiger charge is 2.31. The van der Waals surface area contributed by atoms with E-state index in [4.69, 9.17) is 19.3 Å². The predicted octanol–water partition coefficient (Wildman–Crippen LogP) is 3.98. The van der Waals surface area contributed by atoms with Crippen molar-refractivity contribution in [3.05, 3.63) is 59.3 Å². The second kappa shape index (κ2) is 8.31. The molecule has 30 heavy (non-hydrogen) atoms. The predicted molar refractivity (Wildman–Crippen MR) is 117 cm³/mol. The van der Waals surface area contributed by atoms with E-state index in [1.54, 1.807) is 37.8 Å². The number of anilines is 1. The first kappa shape index (κ1) is 20.2. The molecule has 8 heteroatoms. The zero-order chi connectivity index (χ0) is 21.3. The number of nitrogens with one attached hydrogen (secondary N) is 1. The highest BCUT2D eigenvalue weighted by Crippen LogP contribution is 2.45. The van der Waals surface area contributed by atoms with Crippen LogP contribution in [0.2, 0.25) is 0 Å². The van der Waals surface area contributed by atoms with Crippen LogP contribution < -0.4 is 19.5 Å². The monoisotopic (exact) mass is 425 g/mol. The quantitative estimate of drug-likeness (QED) is 0.667. The van der Waals surface area contributed by atoms with Gasteiger partial charge in [0.25, 0.3) is 0 Å². The lowest BCUT2D eigenvalue weighted by Gasteiger charge is -2.17. The number of hydrogen-bond acceptors (Lipinski definition) is 6. The molecule has 1 aromatic heterocycles. The summed E-state index contributed by atoms with van der Waals surface area (Å²) < 4.78 is 17.9. The number of fused-ring (bicyclic) bond motifs is 1. The van der Waals surface area contributed by atoms with E-state index in [0.29, 0.717) is 23.1 Å². The minimum atomic E-state index is -0.0780. The molecular formula is C22H23N3O4S. The zero-order valence-corrected chi connectivity index (χ0v) is 18.1. The lowest BCUT2D eigenvalue weighted by atomic mass is 10.0. The van der Waals surface area contributed by atoms with E-state index < -0.39 is 0 Å². The molecule has 2 heterocycles. The molecule has 7 nitrogen and oxygen atoms in total. The SMILES string of the molecule is COc1ccc(-n2nc(C)c3c2NC(=O)CS[C@H]3c2ccc(OC)c(OC)c2)cc1. The number of benzene rings is 2. The fourth-order valence-corrected chi connectivity index (χ4v) is 4.75. The number of methoxy groups -OCH3 is 3. The Bertz CT molecular complexity index is 1080. The third-order valence-electron chi connectivity index (χ3n) is 5.04. The number of amides is 1. The van der Waals surface area contributed by atoms with Crippen LogP contribution in [0.1, 0.15) is 22.1 Å². The van der Waals surface area contributed by atoms with Crippen LogP contribution in [0, 0.1) is 6.92 Å². The lowest BCUT2D eigenvalue weighted by molar-refractivity contribution is -0.113. The number of aromatic nitrogens is 2. The Morgan fingerprint density at radius 3 is 2.43 bits per heavy atom. The second-order valence-electron chi connectivity index (χ2n) is 6.81. The van der Waals surface area contributed by atoms with Gasteiger partial charge < -0.3 is 19.5 Å². The van der Waals surface area contributed by atoms with Crippen molar-refractivity contribution in [3.8, 4) is 22.9 Å². The van der Waals surface area contributed by atoms with E-state index in [1.807, 2.05) is 49.4 Å². The molecule has 1 aliphatic heterocycles. The maximum atomic E-state index is 12.5. The Kier molecular flexibility index (Phi) is 5.59. The Morgan fingerprint density at radius 2 is 1.77 bits per heavy atom. The highest BCUT2D eigenvalue weighted by atomic mass is 32.2. The topological polar surface area (TPSA) is 74.6 Å². The molecule has 1 atom stereocenters. The number of nitrogens with zero attached hydrogens (tertiary/aromatic N) is 2. The summed E-state index contributed by atoms with van der Waals surface area (Å²) in [6.07, 6.45) is 0. The number of aryl methyl sites for hydroxylation is 1. The molecule has 0 radical (unpaired) electrons. The molecule has 1 N–H and O–H groups in total. The molecule has 1 aliphatic rings. The average molecular weight is 426 g/mol. The summed E-state index contributed by atoms with van der Waals surface area (Å²) in [6, 6.07) is 13.4. The van der Waals surface area contributed by atoms with E-state index >= 15 is 0 Å². The van der Waals surface area contributed by atoms with Gasteiger partial charge in [-0.15, -0.1) is 11.8 Å². The normalized spacial score (nSPS) is 15.7. The Hall–Kier alpha value is -3.13.